The van der Waals surface area contributed by atoms with Gasteiger partial charge in [0.15, 0.2) is 0 Å². The molecule has 4 nitrogen and oxygen atoms in total. The van der Waals surface area contributed by atoms with E-state index in [1.165, 1.54) is 51.4 Å². The van der Waals surface area contributed by atoms with Gasteiger partial charge in [-0.1, -0.05) is 83.5 Å². The molecule has 0 aromatic rings. The number of carbonyl (C=O) groups is 2. The smallest absolute Gasteiger partial charge is 0.309 e. The number of carboxylic acid groups (broad SMARTS) is 2. The van der Waals surface area contributed by atoms with E-state index in [-0.39, 0.29) is 5.41 Å². The van der Waals surface area contributed by atoms with Crippen LogP contribution in [0.15, 0.2) is 0 Å². The maximum absolute atomic E-state index is 11.5. The second-order valence-electron chi connectivity index (χ2n) is 9.27. The van der Waals surface area contributed by atoms with Gasteiger partial charge in [0.1, 0.15) is 0 Å². The molecule has 2 aliphatic rings. The van der Waals surface area contributed by atoms with Crippen molar-refractivity contribution in [1.29, 1.82) is 0 Å². The molecule has 2 fully saturated rings. The molecule has 0 aromatic heterocycles. The fourth-order valence-corrected chi connectivity index (χ4v) is 5.14. The summed E-state index contributed by atoms with van der Waals surface area (Å²) in [5, 5.41) is 18.8. The van der Waals surface area contributed by atoms with Gasteiger partial charge in [-0.3, -0.25) is 9.59 Å². The van der Waals surface area contributed by atoms with Gasteiger partial charge >= 0.3 is 11.9 Å². The Labute approximate surface area is 165 Å². The molecule has 2 aliphatic carbocycles. The lowest BCUT2D eigenvalue weighted by Crippen LogP contribution is -2.37. The minimum atomic E-state index is -0.573. The zero-order valence-corrected chi connectivity index (χ0v) is 17.1. The average molecular weight is 381 g/mol. The maximum Gasteiger partial charge on any atom is 0.309 e. The van der Waals surface area contributed by atoms with Crippen LogP contribution < -0.4 is 0 Å². The van der Waals surface area contributed by atoms with Gasteiger partial charge in [-0.2, -0.15) is 0 Å². The van der Waals surface area contributed by atoms with E-state index in [9.17, 15) is 19.8 Å². The molecule has 0 radical (unpaired) electrons. The quantitative estimate of drug-likeness (QED) is 0.315. The first-order valence-corrected chi connectivity index (χ1v) is 11.5. The van der Waals surface area contributed by atoms with Gasteiger partial charge in [0, 0.05) is 0 Å². The van der Waals surface area contributed by atoms with Crippen LogP contribution in [0, 0.1) is 10.8 Å². The summed E-state index contributed by atoms with van der Waals surface area (Å²) in [5.41, 5.74) is -0.754. The molecule has 0 spiro atoms. The Morgan fingerprint density at radius 3 is 1.07 bits per heavy atom. The number of unbranched alkanes of at least 4 members (excludes halogenated alkanes) is 9. The third-order valence-electron chi connectivity index (χ3n) is 7.34. The van der Waals surface area contributed by atoms with Crippen molar-refractivity contribution in [2.75, 3.05) is 0 Å². The van der Waals surface area contributed by atoms with Gasteiger partial charge in [0.25, 0.3) is 0 Å². The van der Waals surface area contributed by atoms with E-state index in [2.05, 4.69) is 0 Å². The third-order valence-corrected chi connectivity index (χ3v) is 7.34. The van der Waals surface area contributed by atoms with E-state index in [0.29, 0.717) is 0 Å². The predicted molar refractivity (Wildman–Crippen MR) is 108 cm³/mol. The minimum Gasteiger partial charge on any atom is -0.481 e. The van der Waals surface area contributed by atoms with Crippen molar-refractivity contribution in [3.63, 3.8) is 0 Å². The zero-order chi connectivity index (χ0) is 19.6. The standard InChI is InChI=1S/C23H40O4/c24-20(25)22(16-11-12-17-22)14-9-7-5-3-1-2-4-6-8-10-15-23(21(26)27)18-13-19-23/h1-19H2,(H,24,25)(H,26,27). The lowest BCUT2D eigenvalue weighted by Gasteiger charge is -2.37. The van der Waals surface area contributed by atoms with Gasteiger partial charge < -0.3 is 10.2 Å². The Bertz CT molecular complexity index is 461. The first-order valence-electron chi connectivity index (χ1n) is 11.5. The summed E-state index contributed by atoms with van der Waals surface area (Å²) in [7, 11) is 0. The van der Waals surface area contributed by atoms with E-state index >= 15 is 0 Å². The second-order valence-corrected chi connectivity index (χ2v) is 9.27. The average Bonchev–Trinajstić information content (AvgIpc) is 3.07. The van der Waals surface area contributed by atoms with Crippen molar-refractivity contribution < 1.29 is 19.8 Å². The predicted octanol–water partition coefficient (Wildman–Crippen LogP) is 6.57. The summed E-state index contributed by atoms with van der Waals surface area (Å²) in [6.07, 6.45) is 20.6. The Morgan fingerprint density at radius 2 is 0.815 bits per heavy atom. The van der Waals surface area contributed by atoms with Gasteiger partial charge in [-0.25, -0.2) is 0 Å². The van der Waals surface area contributed by atoms with E-state index < -0.39 is 17.4 Å². The highest BCUT2D eigenvalue weighted by molar-refractivity contribution is 5.75. The number of hydrogen-bond acceptors (Lipinski definition) is 2. The number of rotatable bonds is 15. The number of carboxylic acids is 2. The van der Waals surface area contributed by atoms with E-state index in [0.717, 1.165) is 70.6 Å². The van der Waals surface area contributed by atoms with Crippen molar-refractivity contribution in [3.8, 4) is 0 Å². The molecular weight excluding hydrogens is 340 g/mol. The van der Waals surface area contributed by atoms with Crippen LogP contribution in [0.25, 0.3) is 0 Å². The summed E-state index contributed by atoms with van der Waals surface area (Å²) in [6.45, 7) is 0. The molecule has 0 bridgehead atoms. The summed E-state index contributed by atoms with van der Waals surface area (Å²) >= 11 is 0. The van der Waals surface area contributed by atoms with Crippen molar-refractivity contribution in [1.82, 2.24) is 0 Å². The molecule has 0 atom stereocenters. The van der Waals surface area contributed by atoms with Crippen LogP contribution in [0.3, 0.4) is 0 Å². The normalized spacial score (nSPS) is 20.3. The lowest BCUT2D eigenvalue weighted by molar-refractivity contribution is -0.155. The molecule has 0 aromatic carbocycles. The van der Waals surface area contributed by atoms with E-state index in [1.807, 2.05) is 0 Å². The molecule has 0 amide bonds. The SMILES string of the molecule is O=C(O)C1(CCCCCCCCCCCCC2(C(=O)O)CCC2)CCCC1. The Balaban J connectivity index is 1.38. The molecule has 2 saturated carbocycles. The summed E-state index contributed by atoms with van der Waals surface area (Å²) in [6, 6.07) is 0. The number of hydrogen-bond donors (Lipinski definition) is 2. The zero-order valence-electron chi connectivity index (χ0n) is 17.1. The molecule has 27 heavy (non-hydrogen) atoms. The molecule has 4 heteroatoms. The fraction of sp³-hybridized carbons (Fsp3) is 0.913. The Kier molecular flexibility index (Phi) is 9.11. The molecule has 0 saturated heterocycles. The molecule has 0 aliphatic heterocycles. The van der Waals surface area contributed by atoms with E-state index in [1.54, 1.807) is 0 Å². The highest BCUT2D eigenvalue weighted by Crippen LogP contribution is 2.45. The van der Waals surface area contributed by atoms with E-state index in [4.69, 9.17) is 0 Å². The van der Waals surface area contributed by atoms with Crippen LogP contribution >= 0.6 is 0 Å². The molecular formula is C23H40O4. The second kappa shape index (κ2) is 11.1. The van der Waals surface area contributed by atoms with Gasteiger partial charge in [-0.05, 0) is 38.5 Å². The first kappa shape index (κ1) is 22.2. The van der Waals surface area contributed by atoms with Crippen LogP contribution in [0.2, 0.25) is 0 Å². The van der Waals surface area contributed by atoms with Gasteiger partial charge in [0.05, 0.1) is 10.8 Å². The van der Waals surface area contributed by atoms with Crippen LogP contribution in [0.1, 0.15) is 122 Å². The minimum absolute atomic E-state index is 0.363. The van der Waals surface area contributed by atoms with Crippen molar-refractivity contribution in [2.24, 2.45) is 10.8 Å². The van der Waals surface area contributed by atoms with Crippen molar-refractivity contribution in [3.05, 3.63) is 0 Å². The monoisotopic (exact) mass is 380 g/mol. The third kappa shape index (κ3) is 6.50. The highest BCUT2D eigenvalue weighted by Gasteiger charge is 2.43. The highest BCUT2D eigenvalue weighted by atomic mass is 16.4. The largest absolute Gasteiger partial charge is 0.481 e. The maximum atomic E-state index is 11.5. The summed E-state index contributed by atoms with van der Waals surface area (Å²) < 4.78 is 0. The number of aliphatic carboxylic acids is 2. The molecule has 2 rings (SSSR count). The molecule has 2 N–H and O–H groups in total. The van der Waals surface area contributed by atoms with Crippen LogP contribution in [0.5, 0.6) is 0 Å². The Morgan fingerprint density at radius 1 is 0.519 bits per heavy atom. The van der Waals surface area contributed by atoms with Crippen LogP contribution in [-0.4, -0.2) is 22.2 Å². The van der Waals surface area contributed by atoms with Crippen LogP contribution in [-0.2, 0) is 9.59 Å². The topological polar surface area (TPSA) is 74.6 Å². The molecule has 156 valence electrons. The van der Waals surface area contributed by atoms with Crippen molar-refractivity contribution in [2.45, 2.75) is 122 Å². The first-order chi connectivity index (χ1) is 13.0. The summed E-state index contributed by atoms with van der Waals surface area (Å²) in [5.74, 6) is -1.14. The van der Waals surface area contributed by atoms with Gasteiger partial charge in [-0.15, -0.1) is 0 Å². The summed E-state index contributed by atoms with van der Waals surface area (Å²) in [4.78, 5) is 22.8. The molecule has 0 heterocycles. The fourth-order valence-electron chi connectivity index (χ4n) is 5.14. The van der Waals surface area contributed by atoms with Crippen molar-refractivity contribution >= 4 is 11.9 Å². The van der Waals surface area contributed by atoms with Crippen LogP contribution in [0.4, 0.5) is 0 Å². The van der Waals surface area contributed by atoms with Gasteiger partial charge in [0.2, 0.25) is 0 Å². The Hall–Kier alpha value is -1.06. The molecule has 0 unspecified atom stereocenters. The lowest BCUT2D eigenvalue weighted by atomic mass is 9.66.